The van der Waals surface area contributed by atoms with E-state index in [2.05, 4.69) is 0 Å². The number of ether oxygens (including phenoxy) is 1. The second kappa shape index (κ2) is 8.31. The summed E-state index contributed by atoms with van der Waals surface area (Å²) in [4.78, 5) is 10.7. The van der Waals surface area contributed by atoms with Crippen molar-refractivity contribution < 1.29 is 19.7 Å². The van der Waals surface area contributed by atoms with Crippen molar-refractivity contribution in [1.82, 2.24) is 0 Å². The highest BCUT2D eigenvalue weighted by Gasteiger charge is 2.13. The molecule has 0 radical (unpaired) electrons. The fourth-order valence-corrected chi connectivity index (χ4v) is 3.31. The topological polar surface area (TPSA) is 66.8 Å². The minimum atomic E-state index is -0.998. The Morgan fingerprint density at radius 2 is 1.63 bits per heavy atom. The molecule has 148 valence electrons. The summed E-state index contributed by atoms with van der Waals surface area (Å²) in [6, 6.07) is 23.7. The molecule has 2 N–H and O–H groups in total. The van der Waals surface area contributed by atoms with Gasteiger partial charge in [0.15, 0.2) is 0 Å². The molecular formula is C25H17ClO4. The van der Waals surface area contributed by atoms with Crippen LogP contribution >= 0.6 is 11.6 Å². The predicted octanol–water partition coefficient (Wildman–Crippen LogP) is 6.76. The molecular weight excluding hydrogens is 400 g/mol. The standard InChI is InChI=1S/C25H17ClO4/c26-19-7-4-17(5-8-19)22-12-6-18-15-20(27)9-13-23(18)25(22)30-21-10-1-16(2-11-21)3-14-24(28)29/h1-15,27H,(H,28,29). The number of phenols is 1. The molecule has 0 atom stereocenters. The van der Waals surface area contributed by atoms with E-state index in [-0.39, 0.29) is 5.75 Å². The summed E-state index contributed by atoms with van der Waals surface area (Å²) < 4.78 is 6.27. The molecule has 0 saturated carbocycles. The first-order chi connectivity index (χ1) is 14.5. The van der Waals surface area contributed by atoms with Crippen molar-refractivity contribution in [2.45, 2.75) is 0 Å². The number of carboxylic acid groups (broad SMARTS) is 1. The molecule has 5 heteroatoms. The Labute approximate surface area is 178 Å². The number of halogens is 1. The number of aliphatic carboxylic acids is 1. The quantitative estimate of drug-likeness (QED) is 0.353. The fourth-order valence-electron chi connectivity index (χ4n) is 3.19. The van der Waals surface area contributed by atoms with Crippen LogP contribution in [-0.2, 0) is 4.79 Å². The van der Waals surface area contributed by atoms with Gasteiger partial charge in [0.25, 0.3) is 0 Å². The van der Waals surface area contributed by atoms with Crippen LogP contribution in [0.1, 0.15) is 5.56 Å². The van der Waals surface area contributed by atoms with Crippen molar-refractivity contribution in [1.29, 1.82) is 0 Å². The lowest BCUT2D eigenvalue weighted by Gasteiger charge is -2.15. The summed E-state index contributed by atoms with van der Waals surface area (Å²) in [5, 5.41) is 21.0. The van der Waals surface area contributed by atoms with E-state index in [0.29, 0.717) is 16.5 Å². The number of rotatable bonds is 5. The average Bonchev–Trinajstić information content (AvgIpc) is 2.74. The second-order valence-corrected chi connectivity index (χ2v) is 7.13. The summed E-state index contributed by atoms with van der Waals surface area (Å²) in [5.74, 6) is 0.450. The van der Waals surface area contributed by atoms with Crippen molar-refractivity contribution in [3.63, 3.8) is 0 Å². The van der Waals surface area contributed by atoms with Crippen molar-refractivity contribution in [3.8, 4) is 28.4 Å². The van der Waals surface area contributed by atoms with Crippen LogP contribution in [0.2, 0.25) is 5.02 Å². The molecule has 0 aliphatic heterocycles. The maximum absolute atomic E-state index is 10.7. The van der Waals surface area contributed by atoms with Gasteiger partial charge in [0.2, 0.25) is 0 Å². The number of benzene rings is 4. The Bertz CT molecular complexity index is 1240. The van der Waals surface area contributed by atoms with Crippen molar-refractivity contribution in [2.24, 2.45) is 0 Å². The van der Waals surface area contributed by atoms with Crippen LogP contribution in [0.3, 0.4) is 0 Å². The van der Waals surface area contributed by atoms with E-state index in [4.69, 9.17) is 21.4 Å². The highest BCUT2D eigenvalue weighted by Crippen LogP contribution is 2.40. The number of fused-ring (bicyclic) bond motifs is 1. The Kier molecular flexibility index (Phi) is 5.42. The largest absolute Gasteiger partial charge is 0.508 e. The number of phenolic OH excluding ortho intramolecular Hbond substituents is 1. The van der Waals surface area contributed by atoms with Crippen LogP contribution in [0.4, 0.5) is 0 Å². The first kappa shape index (κ1) is 19.6. The van der Waals surface area contributed by atoms with E-state index < -0.39 is 5.97 Å². The molecule has 4 nitrogen and oxygen atoms in total. The third kappa shape index (κ3) is 4.29. The van der Waals surface area contributed by atoms with Gasteiger partial charge in [-0.2, -0.15) is 0 Å². The van der Waals surface area contributed by atoms with Gasteiger partial charge < -0.3 is 14.9 Å². The maximum atomic E-state index is 10.7. The zero-order valence-electron chi connectivity index (χ0n) is 15.7. The number of carboxylic acids is 1. The first-order valence-corrected chi connectivity index (χ1v) is 9.58. The van der Waals surface area contributed by atoms with E-state index in [1.807, 2.05) is 42.5 Å². The van der Waals surface area contributed by atoms with Gasteiger partial charge in [-0.25, -0.2) is 4.79 Å². The Morgan fingerprint density at radius 1 is 0.900 bits per heavy atom. The van der Waals surface area contributed by atoms with Crippen LogP contribution in [0.15, 0.2) is 84.9 Å². The maximum Gasteiger partial charge on any atom is 0.328 e. The molecule has 0 heterocycles. The average molecular weight is 417 g/mol. The molecule has 0 aliphatic rings. The van der Waals surface area contributed by atoms with Gasteiger partial charge in [-0.05, 0) is 71.1 Å². The summed E-state index contributed by atoms with van der Waals surface area (Å²) in [5.41, 5.74) is 2.59. The van der Waals surface area contributed by atoms with Gasteiger partial charge in [-0.15, -0.1) is 0 Å². The molecule has 0 aromatic heterocycles. The molecule has 4 aromatic carbocycles. The van der Waals surface area contributed by atoms with Gasteiger partial charge in [-0.1, -0.05) is 41.9 Å². The summed E-state index contributed by atoms with van der Waals surface area (Å²) in [6.45, 7) is 0. The van der Waals surface area contributed by atoms with Crippen LogP contribution in [0, 0.1) is 0 Å². The molecule has 4 aromatic rings. The number of hydrogen-bond acceptors (Lipinski definition) is 3. The molecule has 0 aliphatic carbocycles. The fraction of sp³-hybridized carbons (Fsp3) is 0. The smallest absolute Gasteiger partial charge is 0.328 e. The van der Waals surface area contributed by atoms with Crippen molar-refractivity contribution in [2.75, 3.05) is 0 Å². The predicted molar refractivity (Wildman–Crippen MR) is 119 cm³/mol. The van der Waals surface area contributed by atoms with E-state index in [0.717, 1.165) is 33.5 Å². The van der Waals surface area contributed by atoms with Gasteiger partial charge in [0.1, 0.15) is 17.2 Å². The normalized spacial score (nSPS) is 11.1. The van der Waals surface area contributed by atoms with Crippen LogP contribution < -0.4 is 4.74 Å². The first-order valence-electron chi connectivity index (χ1n) is 9.20. The summed E-state index contributed by atoms with van der Waals surface area (Å²) in [7, 11) is 0. The lowest BCUT2D eigenvalue weighted by atomic mass is 9.99. The summed E-state index contributed by atoms with van der Waals surface area (Å²) >= 11 is 6.04. The van der Waals surface area contributed by atoms with Crippen LogP contribution in [0.25, 0.3) is 28.0 Å². The molecule has 0 spiro atoms. The number of aromatic hydroxyl groups is 1. The Morgan fingerprint density at radius 3 is 2.33 bits per heavy atom. The Balaban J connectivity index is 1.78. The van der Waals surface area contributed by atoms with Gasteiger partial charge in [-0.3, -0.25) is 0 Å². The van der Waals surface area contributed by atoms with E-state index in [1.54, 1.807) is 36.4 Å². The highest BCUT2D eigenvalue weighted by atomic mass is 35.5. The van der Waals surface area contributed by atoms with E-state index >= 15 is 0 Å². The minimum absolute atomic E-state index is 0.183. The second-order valence-electron chi connectivity index (χ2n) is 6.70. The van der Waals surface area contributed by atoms with E-state index in [1.165, 1.54) is 6.08 Å². The Hall–Kier alpha value is -3.76. The molecule has 4 rings (SSSR count). The SMILES string of the molecule is O=C(O)C=Cc1ccc(Oc2c(-c3ccc(Cl)cc3)ccc3cc(O)ccc23)cc1. The zero-order chi connectivity index (χ0) is 21.1. The number of carbonyl (C=O) groups is 1. The molecule has 0 fully saturated rings. The molecule has 30 heavy (non-hydrogen) atoms. The number of hydrogen-bond donors (Lipinski definition) is 2. The van der Waals surface area contributed by atoms with Gasteiger partial charge in [0.05, 0.1) is 0 Å². The third-order valence-electron chi connectivity index (χ3n) is 4.63. The monoisotopic (exact) mass is 416 g/mol. The summed E-state index contributed by atoms with van der Waals surface area (Å²) in [6.07, 6.45) is 2.61. The zero-order valence-corrected chi connectivity index (χ0v) is 16.5. The van der Waals surface area contributed by atoms with Crippen molar-refractivity contribution in [3.05, 3.63) is 95.5 Å². The highest BCUT2D eigenvalue weighted by molar-refractivity contribution is 6.30. The molecule has 0 unspecified atom stereocenters. The van der Waals surface area contributed by atoms with Crippen LogP contribution in [0.5, 0.6) is 17.2 Å². The third-order valence-corrected chi connectivity index (χ3v) is 4.88. The molecule has 0 amide bonds. The van der Waals surface area contributed by atoms with Gasteiger partial charge >= 0.3 is 5.97 Å². The van der Waals surface area contributed by atoms with Crippen molar-refractivity contribution >= 4 is 34.4 Å². The van der Waals surface area contributed by atoms with Gasteiger partial charge in [0, 0.05) is 22.0 Å². The lowest BCUT2D eigenvalue weighted by Crippen LogP contribution is -1.91. The minimum Gasteiger partial charge on any atom is -0.508 e. The molecule has 0 saturated heterocycles. The molecule has 0 bridgehead atoms. The van der Waals surface area contributed by atoms with Crippen LogP contribution in [-0.4, -0.2) is 16.2 Å². The lowest BCUT2D eigenvalue weighted by molar-refractivity contribution is -0.131. The van der Waals surface area contributed by atoms with E-state index in [9.17, 15) is 9.90 Å².